The van der Waals surface area contributed by atoms with Gasteiger partial charge in [-0.05, 0) is 18.6 Å². The quantitative estimate of drug-likeness (QED) is 0.677. The Morgan fingerprint density at radius 3 is 1.71 bits per heavy atom. The molecular weight excluding hydrogens is 216 g/mol. The number of hydrogen-bond acceptors (Lipinski definition) is 2. The summed E-state index contributed by atoms with van der Waals surface area (Å²) in [4.78, 5) is 23.6. The molecule has 4 nitrogen and oxygen atoms in total. The molecule has 17 heavy (non-hydrogen) atoms. The maximum Gasteiger partial charge on any atom is 0.251 e. The Bertz CT molecular complexity index is 623. The minimum atomic E-state index is -0.00717. The van der Waals surface area contributed by atoms with Crippen LogP contribution in [0.4, 0.5) is 0 Å². The normalized spacial score (nSPS) is 13.6. The van der Waals surface area contributed by atoms with Gasteiger partial charge in [-0.3, -0.25) is 9.59 Å². The van der Waals surface area contributed by atoms with E-state index in [9.17, 15) is 9.59 Å². The fraction of sp³-hybridized carbons (Fsp3) is 0.231. The first-order chi connectivity index (χ1) is 8.27. The first-order valence-electron chi connectivity index (χ1n) is 5.67. The summed E-state index contributed by atoms with van der Waals surface area (Å²) >= 11 is 0. The van der Waals surface area contributed by atoms with E-state index in [0.29, 0.717) is 13.1 Å². The molecule has 0 aliphatic carbocycles. The van der Waals surface area contributed by atoms with Crippen molar-refractivity contribution in [1.82, 2.24) is 9.13 Å². The van der Waals surface area contributed by atoms with E-state index in [2.05, 4.69) is 0 Å². The smallest absolute Gasteiger partial charge is 0.251 e. The summed E-state index contributed by atoms with van der Waals surface area (Å²) in [5.74, 6) is 0. The molecule has 0 spiro atoms. The Morgan fingerprint density at radius 1 is 0.765 bits per heavy atom. The second-order valence-corrected chi connectivity index (χ2v) is 4.16. The average Bonchev–Trinajstić information content (AvgIpc) is 2.51. The first-order valence-corrected chi connectivity index (χ1v) is 5.67. The average molecular weight is 228 g/mol. The second kappa shape index (κ2) is 3.73. The monoisotopic (exact) mass is 228 g/mol. The van der Waals surface area contributed by atoms with Crippen LogP contribution in [0.15, 0.2) is 46.0 Å². The zero-order valence-electron chi connectivity index (χ0n) is 9.30. The van der Waals surface area contributed by atoms with E-state index in [0.717, 1.165) is 17.8 Å². The number of pyridine rings is 2. The fourth-order valence-corrected chi connectivity index (χ4v) is 2.34. The molecule has 1 aliphatic heterocycles. The Kier molecular flexibility index (Phi) is 2.21. The van der Waals surface area contributed by atoms with Crippen LogP contribution in [0.1, 0.15) is 6.42 Å². The van der Waals surface area contributed by atoms with Crippen molar-refractivity contribution in [3.8, 4) is 11.4 Å². The maximum absolute atomic E-state index is 11.8. The summed E-state index contributed by atoms with van der Waals surface area (Å²) in [5.41, 5.74) is 1.64. The van der Waals surface area contributed by atoms with E-state index in [4.69, 9.17) is 0 Å². The van der Waals surface area contributed by atoms with Crippen LogP contribution < -0.4 is 11.1 Å². The number of hydrogen-bond donors (Lipinski definition) is 0. The predicted molar refractivity (Wildman–Crippen MR) is 65.0 cm³/mol. The van der Waals surface area contributed by atoms with Crippen LogP contribution in [-0.2, 0) is 13.1 Å². The van der Waals surface area contributed by atoms with Crippen molar-refractivity contribution in [2.45, 2.75) is 19.5 Å². The Morgan fingerprint density at radius 2 is 1.24 bits per heavy atom. The lowest BCUT2D eigenvalue weighted by Crippen LogP contribution is -2.21. The van der Waals surface area contributed by atoms with Crippen LogP contribution >= 0.6 is 0 Å². The van der Waals surface area contributed by atoms with Gasteiger partial charge >= 0.3 is 0 Å². The molecule has 0 bridgehead atoms. The van der Waals surface area contributed by atoms with Crippen LogP contribution in [0.25, 0.3) is 11.4 Å². The number of fused-ring (bicyclic) bond motifs is 3. The van der Waals surface area contributed by atoms with Gasteiger partial charge in [0.25, 0.3) is 11.1 Å². The van der Waals surface area contributed by atoms with Crippen molar-refractivity contribution in [1.29, 1.82) is 0 Å². The molecule has 3 rings (SSSR count). The van der Waals surface area contributed by atoms with Gasteiger partial charge in [-0.1, -0.05) is 12.1 Å². The predicted octanol–water partition coefficient (Wildman–Crippen LogP) is 1.08. The topological polar surface area (TPSA) is 44.0 Å². The Balaban J connectivity index is 2.40. The second-order valence-electron chi connectivity index (χ2n) is 4.16. The van der Waals surface area contributed by atoms with Gasteiger partial charge in [0.2, 0.25) is 0 Å². The molecule has 2 aromatic rings. The lowest BCUT2D eigenvalue weighted by atomic mass is 10.2. The van der Waals surface area contributed by atoms with Crippen molar-refractivity contribution in [2.24, 2.45) is 0 Å². The molecule has 4 heteroatoms. The number of nitrogens with zero attached hydrogens (tertiary/aromatic N) is 2. The van der Waals surface area contributed by atoms with Crippen molar-refractivity contribution < 1.29 is 0 Å². The van der Waals surface area contributed by atoms with E-state index in [1.807, 2.05) is 12.1 Å². The maximum atomic E-state index is 11.8. The third-order valence-electron chi connectivity index (χ3n) is 3.13. The molecular formula is C13H12N2O2. The van der Waals surface area contributed by atoms with Crippen LogP contribution in [0.2, 0.25) is 0 Å². The van der Waals surface area contributed by atoms with Crippen LogP contribution in [0, 0.1) is 0 Å². The van der Waals surface area contributed by atoms with Crippen LogP contribution in [0.3, 0.4) is 0 Å². The van der Waals surface area contributed by atoms with Crippen molar-refractivity contribution in [3.63, 3.8) is 0 Å². The zero-order chi connectivity index (χ0) is 11.8. The summed E-state index contributed by atoms with van der Waals surface area (Å²) < 4.78 is 3.47. The lowest BCUT2D eigenvalue weighted by molar-refractivity contribution is 0.576. The molecule has 3 heterocycles. The molecule has 1 aliphatic rings. The molecule has 0 unspecified atom stereocenters. The molecule has 0 fully saturated rings. The van der Waals surface area contributed by atoms with Gasteiger partial charge in [0.15, 0.2) is 0 Å². The minimum Gasteiger partial charge on any atom is -0.307 e. The number of aromatic nitrogens is 2. The Hall–Kier alpha value is -2.10. The molecule has 2 aromatic heterocycles. The molecule has 0 saturated carbocycles. The standard InChI is InChI=1S/C13H12N2O2/c16-12-6-1-4-10-11-5-2-7-13(17)15(11)9-3-8-14(10)12/h1-2,4-7H,3,8-9H2. The molecule has 0 N–H and O–H groups in total. The number of rotatable bonds is 0. The molecule has 0 radical (unpaired) electrons. The largest absolute Gasteiger partial charge is 0.307 e. The van der Waals surface area contributed by atoms with E-state index in [-0.39, 0.29) is 11.1 Å². The zero-order valence-corrected chi connectivity index (χ0v) is 9.30. The van der Waals surface area contributed by atoms with Gasteiger partial charge in [-0.25, -0.2) is 0 Å². The van der Waals surface area contributed by atoms with Crippen molar-refractivity contribution in [3.05, 3.63) is 57.1 Å². The van der Waals surface area contributed by atoms with Crippen LogP contribution in [-0.4, -0.2) is 9.13 Å². The minimum absolute atomic E-state index is 0.00717. The van der Waals surface area contributed by atoms with Crippen LogP contribution in [0.5, 0.6) is 0 Å². The third-order valence-corrected chi connectivity index (χ3v) is 3.13. The van der Waals surface area contributed by atoms with Gasteiger partial charge in [-0.15, -0.1) is 0 Å². The van der Waals surface area contributed by atoms with Gasteiger partial charge in [0.05, 0.1) is 11.4 Å². The molecule has 0 aromatic carbocycles. The van der Waals surface area contributed by atoms with Gasteiger partial charge < -0.3 is 9.13 Å². The fourth-order valence-electron chi connectivity index (χ4n) is 2.34. The summed E-state index contributed by atoms with van der Waals surface area (Å²) in [6.07, 6.45) is 0.799. The SMILES string of the molecule is O=c1cccc2n1CCCn1c-2cccc1=O. The highest BCUT2D eigenvalue weighted by Crippen LogP contribution is 2.19. The van der Waals surface area contributed by atoms with E-state index >= 15 is 0 Å². The summed E-state index contributed by atoms with van der Waals surface area (Å²) in [5, 5.41) is 0. The van der Waals surface area contributed by atoms with Crippen molar-refractivity contribution >= 4 is 0 Å². The first kappa shape index (κ1) is 10.1. The van der Waals surface area contributed by atoms with E-state index < -0.39 is 0 Å². The lowest BCUT2D eigenvalue weighted by Gasteiger charge is -2.10. The molecule has 86 valence electrons. The van der Waals surface area contributed by atoms with Crippen molar-refractivity contribution in [2.75, 3.05) is 0 Å². The summed E-state index contributed by atoms with van der Waals surface area (Å²) in [6.45, 7) is 1.33. The summed E-state index contributed by atoms with van der Waals surface area (Å²) in [7, 11) is 0. The van der Waals surface area contributed by atoms with Gasteiger partial charge in [-0.2, -0.15) is 0 Å². The van der Waals surface area contributed by atoms with Gasteiger partial charge in [0.1, 0.15) is 0 Å². The highest BCUT2D eigenvalue weighted by molar-refractivity contribution is 5.55. The molecule has 0 atom stereocenters. The van der Waals surface area contributed by atoms with Gasteiger partial charge in [0, 0.05) is 25.2 Å². The Labute approximate surface area is 97.8 Å². The summed E-state index contributed by atoms with van der Waals surface area (Å²) in [6, 6.07) is 10.4. The highest BCUT2D eigenvalue weighted by Gasteiger charge is 2.14. The van der Waals surface area contributed by atoms with E-state index in [1.165, 1.54) is 0 Å². The third kappa shape index (κ3) is 1.53. The highest BCUT2D eigenvalue weighted by atomic mass is 16.1. The van der Waals surface area contributed by atoms with E-state index in [1.54, 1.807) is 33.4 Å². The molecule has 0 saturated heterocycles. The molecule has 0 amide bonds.